The Morgan fingerprint density at radius 1 is 0.871 bits per heavy atom. The zero-order valence-electron chi connectivity index (χ0n) is 17.8. The second-order valence-electron chi connectivity index (χ2n) is 8.25. The van der Waals surface area contributed by atoms with Gasteiger partial charge in [-0.1, -0.05) is 38.1 Å². The number of rotatable bonds is 4. The molecule has 0 radical (unpaired) electrons. The van der Waals surface area contributed by atoms with Crippen molar-refractivity contribution in [2.75, 3.05) is 36.0 Å². The van der Waals surface area contributed by atoms with Crippen LogP contribution in [0.2, 0.25) is 0 Å². The van der Waals surface area contributed by atoms with E-state index in [1.54, 1.807) is 17.7 Å². The van der Waals surface area contributed by atoms with Gasteiger partial charge in [0.15, 0.2) is 0 Å². The van der Waals surface area contributed by atoms with E-state index in [0.717, 1.165) is 47.9 Å². The van der Waals surface area contributed by atoms with Gasteiger partial charge < -0.3 is 9.80 Å². The highest BCUT2D eigenvalue weighted by Crippen LogP contribution is 2.38. The van der Waals surface area contributed by atoms with Gasteiger partial charge in [-0.3, -0.25) is 0 Å². The Kier molecular flexibility index (Phi) is 5.32. The Balaban J connectivity index is 1.43. The maximum atomic E-state index is 13.3. The first-order valence-electron chi connectivity index (χ1n) is 10.7. The topological polar surface area (TPSA) is 32.3 Å². The number of halogens is 1. The first kappa shape index (κ1) is 19.9. The molecule has 158 valence electrons. The van der Waals surface area contributed by atoms with Crippen molar-refractivity contribution in [2.24, 2.45) is 0 Å². The minimum Gasteiger partial charge on any atom is -0.368 e. The lowest BCUT2D eigenvalue weighted by Crippen LogP contribution is -2.46. The van der Waals surface area contributed by atoms with Crippen LogP contribution in [-0.2, 0) is 0 Å². The molecule has 0 atom stereocenters. The number of piperazine rings is 1. The summed E-state index contributed by atoms with van der Waals surface area (Å²) in [6.07, 6.45) is 1.67. The summed E-state index contributed by atoms with van der Waals surface area (Å²) >= 11 is 1.67. The number of nitrogens with zero attached hydrogens (tertiary/aromatic N) is 4. The van der Waals surface area contributed by atoms with Crippen LogP contribution in [0, 0.1) is 5.82 Å². The van der Waals surface area contributed by atoms with Crippen LogP contribution < -0.4 is 9.80 Å². The summed E-state index contributed by atoms with van der Waals surface area (Å²) < 4.78 is 13.3. The van der Waals surface area contributed by atoms with Crippen LogP contribution in [0.1, 0.15) is 25.3 Å². The molecule has 1 aliphatic rings. The van der Waals surface area contributed by atoms with Crippen molar-refractivity contribution >= 4 is 33.1 Å². The molecule has 31 heavy (non-hydrogen) atoms. The normalized spacial score (nSPS) is 14.6. The van der Waals surface area contributed by atoms with Crippen LogP contribution in [0.3, 0.4) is 0 Å². The molecule has 2 aromatic heterocycles. The largest absolute Gasteiger partial charge is 0.368 e. The van der Waals surface area contributed by atoms with Crippen LogP contribution in [0.25, 0.3) is 21.3 Å². The third-order valence-corrected chi connectivity index (χ3v) is 6.90. The molecule has 0 bridgehead atoms. The van der Waals surface area contributed by atoms with Gasteiger partial charge in [-0.25, -0.2) is 14.4 Å². The molecule has 1 aliphatic heterocycles. The van der Waals surface area contributed by atoms with Crippen LogP contribution in [0.5, 0.6) is 0 Å². The van der Waals surface area contributed by atoms with E-state index in [9.17, 15) is 4.39 Å². The molecule has 3 heterocycles. The van der Waals surface area contributed by atoms with Crippen molar-refractivity contribution in [3.63, 3.8) is 0 Å². The standard InChI is InChI=1S/C25H25FN4S/c1-17(2)18-3-5-19(6-4-18)22-15-31-25-23(22)24(27-16-28-25)30-13-11-29(12-14-30)21-9-7-20(26)8-10-21/h3-10,15-17H,11-14H2,1-2H3. The highest BCUT2D eigenvalue weighted by Gasteiger charge is 2.22. The molecule has 0 unspecified atom stereocenters. The maximum Gasteiger partial charge on any atom is 0.141 e. The Bertz CT molecular complexity index is 1180. The molecule has 5 rings (SSSR count). The van der Waals surface area contributed by atoms with Gasteiger partial charge in [0.1, 0.15) is 22.8 Å². The van der Waals surface area contributed by atoms with Crippen LogP contribution >= 0.6 is 11.3 Å². The molecule has 0 spiro atoms. The molecule has 0 amide bonds. The predicted octanol–water partition coefficient (Wildman–Crippen LogP) is 5.95. The molecule has 4 aromatic rings. The fourth-order valence-electron chi connectivity index (χ4n) is 4.19. The molecule has 4 nitrogen and oxygen atoms in total. The van der Waals surface area contributed by atoms with Gasteiger partial charge in [0.25, 0.3) is 0 Å². The number of fused-ring (bicyclic) bond motifs is 1. The van der Waals surface area contributed by atoms with E-state index in [2.05, 4.69) is 58.3 Å². The SMILES string of the molecule is CC(C)c1ccc(-c2csc3ncnc(N4CCN(c5ccc(F)cc5)CC4)c23)cc1. The second-order valence-corrected chi connectivity index (χ2v) is 9.11. The first-order valence-corrected chi connectivity index (χ1v) is 11.6. The van der Waals surface area contributed by atoms with Gasteiger partial charge in [-0.2, -0.15) is 0 Å². The average molecular weight is 433 g/mol. The van der Waals surface area contributed by atoms with Gasteiger partial charge in [0.05, 0.1) is 5.39 Å². The summed E-state index contributed by atoms with van der Waals surface area (Å²) in [5.74, 6) is 1.33. The average Bonchev–Trinajstić information content (AvgIpc) is 3.24. The summed E-state index contributed by atoms with van der Waals surface area (Å²) in [5.41, 5.74) is 4.82. The van der Waals surface area contributed by atoms with Crippen molar-refractivity contribution in [3.05, 3.63) is 71.6 Å². The van der Waals surface area contributed by atoms with E-state index in [-0.39, 0.29) is 5.82 Å². The Morgan fingerprint density at radius 3 is 2.23 bits per heavy atom. The Labute approximate surface area is 186 Å². The number of thiophene rings is 1. The van der Waals surface area contributed by atoms with Crippen molar-refractivity contribution in [2.45, 2.75) is 19.8 Å². The minimum absolute atomic E-state index is 0.197. The third kappa shape index (κ3) is 3.88. The molecule has 6 heteroatoms. The number of aromatic nitrogens is 2. The lowest BCUT2D eigenvalue weighted by molar-refractivity contribution is 0.624. The monoisotopic (exact) mass is 432 g/mol. The smallest absolute Gasteiger partial charge is 0.141 e. The van der Waals surface area contributed by atoms with Gasteiger partial charge >= 0.3 is 0 Å². The molecule has 0 aliphatic carbocycles. The molecule has 0 N–H and O–H groups in total. The minimum atomic E-state index is -0.197. The lowest BCUT2D eigenvalue weighted by atomic mass is 9.99. The van der Waals surface area contributed by atoms with Crippen molar-refractivity contribution < 1.29 is 4.39 Å². The highest BCUT2D eigenvalue weighted by atomic mass is 32.1. The van der Waals surface area contributed by atoms with E-state index in [1.807, 2.05) is 12.1 Å². The maximum absolute atomic E-state index is 13.3. The zero-order valence-corrected chi connectivity index (χ0v) is 18.6. The molecule has 1 saturated heterocycles. The summed E-state index contributed by atoms with van der Waals surface area (Å²) in [4.78, 5) is 14.9. The molecule has 1 fully saturated rings. The zero-order chi connectivity index (χ0) is 21.4. The molecular formula is C25H25FN4S. The predicted molar refractivity (Wildman–Crippen MR) is 128 cm³/mol. The number of hydrogen-bond donors (Lipinski definition) is 0. The van der Waals surface area contributed by atoms with Crippen LogP contribution in [0.15, 0.2) is 60.2 Å². The number of anilines is 2. The van der Waals surface area contributed by atoms with Gasteiger partial charge in [0, 0.05) is 42.8 Å². The van der Waals surface area contributed by atoms with Crippen molar-refractivity contribution in [1.82, 2.24) is 9.97 Å². The first-order chi connectivity index (χ1) is 15.1. The number of benzene rings is 2. The van der Waals surface area contributed by atoms with Crippen LogP contribution in [0.4, 0.5) is 15.9 Å². The number of hydrogen-bond acceptors (Lipinski definition) is 5. The van der Waals surface area contributed by atoms with E-state index in [0.29, 0.717) is 5.92 Å². The van der Waals surface area contributed by atoms with Crippen molar-refractivity contribution in [3.8, 4) is 11.1 Å². The summed E-state index contributed by atoms with van der Waals surface area (Å²) in [7, 11) is 0. The van der Waals surface area contributed by atoms with E-state index >= 15 is 0 Å². The molecule has 0 saturated carbocycles. The fourth-order valence-corrected chi connectivity index (χ4v) is 5.10. The molecular weight excluding hydrogens is 407 g/mol. The fraction of sp³-hybridized carbons (Fsp3) is 0.280. The van der Waals surface area contributed by atoms with Gasteiger partial charge in [-0.05, 0) is 41.3 Å². The van der Waals surface area contributed by atoms with Crippen LogP contribution in [-0.4, -0.2) is 36.1 Å². The summed E-state index contributed by atoms with van der Waals surface area (Å²) in [6.45, 7) is 7.91. The van der Waals surface area contributed by atoms with E-state index < -0.39 is 0 Å². The second kappa shape index (κ2) is 8.27. The van der Waals surface area contributed by atoms with Gasteiger partial charge in [0.2, 0.25) is 0 Å². The highest BCUT2D eigenvalue weighted by molar-refractivity contribution is 7.17. The summed E-state index contributed by atoms with van der Waals surface area (Å²) in [5, 5.41) is 3.34. The van der Waals surface area contributed by atoms with E-state index in [4.69, 9.17) is 4.98 Å². The Hall–Kier alpha value is -2.99. The summed E-state index contributed by atoms with van der Waals surface area (Å²) in [6, 6.07) is 15.6. The lowest BCUT2D eigenvalue weighted by Gasteiger charge is -2.37. The van der Waals surface area contributed by atoms with Crippen molar-refractivity contribution in [1.29, 1.82) is 0 Å². The third-order valence-electron chi connectivity index (χ3n) is 6.01. The molecule has 2 aromatic carbocycles. The van der Waals surface area contributed by atoms with E-state index in [1.165, 1.54) is 28.8 Å². The quantitative estimate of drug-likeness (QED) is 0.399. The Morgan fingerprint density at radius 2 is 1.55 bits per heavy atom. The van der Waals surface area contributed by atoms with Gasteiger partial charge in [-0.15, -0.1) is 11.3 Å².